The smallest absolute Gasteiger partial charge is 0.314 e. The second kappa shape index (κ2) is 6.97. The van der Waals surface area contributed by atoms with Crippen LogP contribution in [-0.4, -0.2) is 31.7 Å². The number of carbonyl (C=O) groups is 1. The van der Waals surface area contributed by atoms with Gasteiger partial charge in [-0.15, -0.1) is 23.2 Å². The van der Waals surface area contributed by atoms with Crippen molar-refractivity contribution >= 4 is 68.4 Å². The maximum absolute atomic E-state index is 13.3. The normalized spacial score (nSPS) is 22.3. The molecule has 2 N–H and O–H groups in total. The quantitative estimate of drug-likeness (QED) is 0.260. The summed E-state index contributed by atoms with van der Waals surface area (Å²) in [5.74, 6) is -1.59. The van der Waals surface area contributed by atoms with Crippen molar-refractivity contribution in [2.24, 2.45) is 5.92 Å². The summed E-state index contributed by atoms with van der Waals surface area (Å²) in [6.07, 6.45) is 0.739. The standard InChI is InChI=1S/C18H13Cl4F5N4O2S/c19-10-3-9(34(23,24,25,26)27)4-11(20)14(10)31-15(29-7-8-5-18(8,21)22)13(12(6-28)30-31)17(1-2-17)16(32)33/h3-4,8,29H,1-2,5,7H2,(H,32,33). The monoisotopic (exact) mass is 584 g/mol. The van der Waals surface area contributed by atoms with Crippen molar-refractivity contribution in [1.82, 2.24) is 9.78 Å². The Morgan fingerprint density at radius 3 is 2.15 bits per heavy atom. The summed E-state index contributed by atoms with van der Waals surface area (Å²) in [6, 6.07) is 1.78. The fourth-order valence-corrected chi connectivity index (χ4v) is 5.63. The van der Waals surface area contributed by atoms with Gasteiger partial charge in [0.1, 0.15) is 26.8 Å². The first kappa shape index (κ1) is 25.4. The SMILES string of the molecule is N#Cc1nn(-c2c(Cl)cc(S(F)(F)(F)(F)F)cc2Cl)c(NCC2CC2(Cl)Cl)c1C1(C(=O)O)CC1. The number of halogens is 9. The molecule has 2 aliphatic rings. The molecule has 1 aromatic carbocycles. The largest absolute Gasteiger partial charge is 0.481 e. The molecule has 0 amide bonds. The molecule has 1 unspecified atom stereocenters. The van der Waals surface area contributed by atoms with Gasteiger partial charge in [0.15, 0.2) is 5.69 Å². The highest BCUT2D eigenvalue weighted by atomic mass is 35.5. The molecular formula is C18H13Cl4F5N4O2S. The number of rotatable bonds is 7. The first-order valence-electron chi connectivity index (χ1n) is 9.43. The molecule has 2 fully saturated rings. The molecule has 6 nitrogen and oxygen atoms in total. The van der Waals surface area contributed by atoms with Gasteiger partial charge in [0.25, 0.3) is 0 Å². The molecule has 1 atom stereocenters. The van der Waals surface area contributed by atoms with Gasteiger partial charge in [-0.25, -0.2) is 4.68 Å². The zero-order chi connectivity index (χ0) is 25.5. The van der Waals surface area contributed by atoms with Crippen molar-refractivity contribution in [3.63, 3.8) is 0 Å². The van der Waals surface area contributed by atoms with E-state index in [0.29, 0.717) is 6.42 Å². The molecule has 2 aliphatic carbocycles. The number of benzene rings is 1. The van der Waals surface area contributed by atoms with Gasteiger partial charge in [0, 0.05) is 12.5 Å². The Morgan fingerprint density at radius 2 is 1.76 bits per heavy atom. The van der Waals surface area contributed by atoms with Crippen LogP contribution in [0.15, 0.2) is 17.0 Å². The number of alkyl halides is 2. The molecule has 1 heterocycles. The van der Waals surface area contributed by atoms with Crippen molar-refractivity contribution in [2.45, 2.75) is 33.9 Å². The fraction of sp³-hybridized carbons (Fsp3) is 0.389. The Labute approximate surface area is 209 Å². The molecule has 4 rings (SSSR count). The van der Waals surface area contributed by atoms with Gasteiger partial charge in [0.2, 0.25) is 0 Å². The summed E-state index contributed by atoms with van der Waals surface area (Å²) in [4.78, 5) is 9.68. The van der Waals surface area contributed by atoms with Gasteiger partial charge >= 0.3 is 16.2 Å². The lowest BCUT2D eigenvalue weighted by Gasteiger charge is -2.40. The molecule has 0 spiro atoms. The van der Waals surface area contributed by atoms with Crippen LogP contribution in [0.1, 0.15) is 30.5 Å². The van der Waals surface area contributed by atoms with Gasteiger partial charge in [-0.1, -0.05) is 42.6 Å². The third-order valence-corrected chi connectivity index (χ3v) is 8.38. The Balaban J connectivity index is 1.91. The summed E-state index contributed by atoms with van der Waals surface area (Å²) in [5, 5.41) is 24.6. The average molecular weight is 586 g/mol. The highest BCUT2D eigenvalue weighted by molar-refractivity contribution is 8.45. The summed E-state index contributed by atoms with van der Waals surface area (Å²) in [7, 11) is -10.1. The van der Waals surface area contributed by atoms with Crippen LogP contribution < -0.4 is 5.32 Å². The number of hydrogen-bond donors (Lipinski definition) is 2. The Hall–Kier alpha value is -1.65. The van der Waals surface area contributed by atoms with Crippen LogP contribution in [0.4, 0.5) is 25.2 Å². The molecule has 0 saturated heterocycles. The Bertz CT molecular complexity index is 1270. The first-order valence-corrected chi connectivity index (χ1v) is 12.9. The van der Waals surface area contributed by atoms with E-state index in [4.69, 9.17) is 46.4 Å². The molecule has 2 aromatic rings. The zero-order valence-corrected chi connectivity index (χ0v) is 20.4. The van der Waals surface area contributed by atoms with E-state index in [9.17, 15) is 34.6 Å². The third kappa shape index (κ3) is 4.37. The van der Waals surface area contributed by atoms with Crippen LogP contribution in [0, 0.1) is 17.2 Å². The lowest BCUT2D eigenvalue weighted by atomic mass is 9.95. The van der Waals surface area contributed by atoms with Gasteiger partial charge in [-0.05, 0) is 31.4 Å². The van der Waals surface area contributed by atoms with Crippen molar-refractivity contribution < 1.29 is 29.3 Å². The van der Waals surface area contributed by atoms with Crippen LogP contribution in [0.2, 0.25) is 10.0 Å². The maximum Gasteiger partial charge on any atom is 0.314 e. The minimum Gasteiger partial charge on any atom is -0.481 e. The Morgan fingerprint density at radius 1 is 1.24 bits per heavy atom. The second-order valence-corrected chi connectivity index (χ2v) is 13.0. The number of aliphatic carboxylic acids is 1. The maximum atomic E-state index is 13.3. The van der Waals surface area contributed by atoms with E-state index < -0.39 is 46.6 Å². The van der Waals surface area contributed by atoms with Crippen LogP contribution in [0.3, 0.4) is 0 Å². The Kier molecular flexibility index (Phi) is 5.22. The van der Waals surface area contributed by atoms with E-state index in [1.54, 1.807) is 6.07 Å². The lowest BCUT2D eigenvalue weighted by Crippen LogP contribution is -2.23. The number of nitrogens with zero attached hydrogens (tertiary/aromatic N) is 3. The molecule has 1 aromatic heterocycles. The third-order valence-electron chi connectivity index (χ3n) is 5.75. The summed E-state index contributed by atoms with van der Waals surface area (Å²) in [5.41, 5.74) is -2.29. The summed E-state index contributed by atoms with van der Waals surface area (Å²) >= 11 is 24.0. The average Bonchev–Trinajstić information content (AvgIpc) is 3.55. The fourth-order valence-electron chi connectivity index (χ4n) is 3.65. The number of nitrogens with one attached hydrogen (secondary N) is 1. The van der Waals surface area contributed by atoms with E-state index in [2.05, 4.69) is 10.4 Å². The number of carboxylic acids is 1. The molecule has 2 saturated carbocycles. The lowest BCUT2D eigenvalue weighted by molar-refractivity contribution is -0.140. The van der Waals surface area contributed by atoms with Crippen LogP contribution >= 0.6 is 56.6 Å². The minimum atomic E-state index is -10.1. The van der Waals surface area contributed by atoms with Gasteiger partial charge in [-0.2, -0.15) is 10.4 Å². The first-order chi connectivity index (χ1) is 15.3. The van der Waals surface area contributed by atoms with Gasteiger partial charge < -0.3 is 10.4 Å². The number of carboxylic acid groups (broad SMARTS) is 1. The zero-order valence-electron chi connectivity index (χ0n) is 16.6. The predicted octanol–water partition coefficient (Wildman–Crippen LogP) is 7.43. The van der Waals surface area contributed by atoms with Crippen molar-refractivity contribution in [2.75, 3.05) is 11.9 Å². The van der Waals surface area contributed by atoms with Gasteiger partial charge in [-0.3, -0.25) is 4.79 Å². The molecule has 186 valence electrons. The molecule has 34 heavy (non-hydrogen) atoms. The molecular weight excluding hydrogens is 573 g/mol. The van der Waals surface area contributed by atoms with E-state index in [1.165, 1.54) is 0 Å². The number of anilines is 1. The molecule has 16 heteroatoms. The molecule has 0 aliphatic heterocycles. The number of hydrogen-bond acceptors (Lipinski definition) is 4. The summed E-state index contributed by atoms with van der Waals surface area (Å²) < 4.78 is 66.3. The number of aromatic nitrogens is 2. The van der Waals surface area contributed by atoms with Gasteiger partial charge in [0.05, 0.1) is 21.0 Å². The highest BCUT2D eigenvalue weighted by Crippen LogP contribution is 3.02. The van der Waals surface area contributed by atoms with E-state index in [0.717, 1.165) is 4.68 Å². The van der Waals surface area contributed by atoms with E-state index in [1.807, 2.05) is 0 Å². The molecule has 0 radical (unpaired) electrons. The predicted molar refractivity (Wildman–Crippen MR) is 119 cm³/mol. The number of nitriles is 1. The van der Waals surface area contributed by atoms with Crippen molar-refractivity contribution in [3.05, 3.63) is 33.4 Å². The van der Waals surface area contributed by atoms with Crippen LogP contribution in [0.5, 0.6) is 0 Å². The molecule has 0 bridgehead atoms. The van der Waals surface area contributed by atoms with Crippen molar-refractivity contribution in [3.8, 4) is 11.8 Å². The van der Waals surface area contributed by atoms with Crippen LogP contribution in [0.25, 0.3) is 5.69 Å². The highest BCUT2D eigenvalue weighted by Gasteiger charge is 2.66. The van der Waals surface area contributed by atoms with Crippen molar-refractivity contribution in [1.29, 1.82) is 5.26 Å². The minimum absolute atomic E-state index is 0.00896. The van der Waals surface area contributed by atoms with E-state index in [-0.39, 0.29) is 54.5 Å². The topological polar surface area (TPSA) is 90.9 Å². The van der Waals surface area contributed by atoms with Crippen LogP contribution in [-0.2, 0) is 10.2 Å². The van der Waals surface area contributed by atoms with E-state index >= 15 is 0 Å². The summed E-state index contributed by atoms with van der Waals surface area (Å²) in [6.45, 7) is 0.0883. The second-order valence-electron chi connectivity index (χ2n) is 8.23.